The van der Waals surface area contributed by atoms with E-state index in [4.69, 9.17) is 4.74 Å². The maximum absolute atomic E-state index is 12.8. The monoisotopic (exact) mass is 268 g/mol. The van der Waals surface area contributed by atoms with Crippen LogP contribution in [0, 0.1) is 13.8 Å². The molecule has 0 radical (unpaired) electrons. The smallest absolute Gasteiger partial charge is 0.423 e. The van der Waals surface area contributed by atoms with Gasteiger partial charge in [0.2, 0.25) is 5.88 Å². The SMILES string of the molecule is Cc1cccc(Oc2ncncc2C(F)(F)F)c1C. The van der Waals surface area contributed by atoms with Crippen LogP contribution >= 0.6 is 0 Å². The van der Waals surface area contributed by atoms with E-state index in [1.165, 1.54) is 0 Å². The van der Waals surface area contributed by atoms with Gasteiger partial charge in [0.05, 0.1) is 0 Å². The fraction of sp³-hybridized carbons (Fsp3) is 0.231. The molecule has 6 heteroatoms. The van der Waals surface area contributed by atoms with Gasteiger partial charge in [0.25, 0.3) is 0 Å². The predicted octanol–water partition coefficient (Wildman–Crippen LogP) is 3.90. The Bertz CT molecular complexity index is 597. The highest BCUT2D eigenvalue weighted by molar-refractivity contribution is 5.41. The maximum atomic E-state index is 12.8. The summed E-state index contributed by atoms with van der Waals surface area (Å²) >= 11 is 0. The largest absolute Gasteiger partial charge is 0.438 e. The fourth-order valence-corrected chi connectivity index (χ4v) is 1.53. The lowest BCUT2D eigenvalue weighted by molar-refractivity contribution is -0.139. The molecule has 100 valence electrons. The highest BCUT2D eigenvalue weighted by Crippen LogP contribution is 2.36. The van der Waals surface area contributed by atoms with Crippen LogP contribution in [-0.4, -0.2) is 9.97 Å². The van der Waals surface area contributed by atoms with E-state index < -0.39 is 17.6 Å². The molecule has 0 saturated carbocycles. The highest BCUT2D eigenvalue weighted by Gasteiger charge is 2.36. The number of hydrogen-bond acceptors (Lipinski definition) is 3. The number of alkyl halides is 3. The van der Waals surface area contributed by atoms with Crippen molar-refractivity contribution in [2.75, 3.05) is 0 Å². The summed E-state index contributed by atoms with van der Waals surface area (Å²) in [6.07, 6.45) is -2.82. The summed E-state index contributed by atoms with van der Waals surface area (Å²) in [5, 5.41) is 0. The molecule has 0 atom stereocenters. The Morgan fingerprint density at radius 1 is 1.16 bits per heavy atom. The number of rotatable bonds is 2. The van der Waals surface area contributed by atoms with Crippen molar-refractivity contribution in [2.45, 2.75) is 20.0 Å². The molecule has 2 aromatic rings. The van der Waals surface area contributed by atoms with Gasteiger partial charge < -0.3 is 4.74 Å². The Morgan fingerprint density at radius 3 is 2.58 bits per heavy atom. The van der Waals surface area contributed by atoms with Crippen molar-refractivity contribution >= 4 is 0 Å². The summed E-state index contributed by atoms with van der Waals surface area (Å²) in [6.45, 7) is 3.63. The molecule has 0 aliphatic heterocycles. The Morgan fingerprint density at radius 2 is 1.89 bits per heavy atom. The van der Waals surface area contributed by atoms with Gasteiger partial charge >= 0.3 is 6.18 Å². The third-order valence-corrected chi connectivity index (χ3v) is 2.74. The zero-order valence-electron chi connectivity index (χ0n) is 10.3. The number of aryl methyl sites for hydroxylation is 1. The van der Waals surface area contributed by atoms with E-state index in [0.29, 0.717) is 11.9 Å². The normalized spacial score (nSPS) is 11.4. The zero-order chi connectivity index (χ0) is 14.0. The topological polar surface area (TPSA) is 35.0 Å². The maximum Gasteiger partial charge on any atom is 0.423 e. The number of aromatic nitrogens is 2. The molecule has 0 aliphatic carbocycles. The average Bonchev–Trinajstić information content (AvgIpc) is 2.34. The molecule has 1 heterocycles. The summed E-state index contributed by atoms with van der Waals surface area (Å²) in [5.74, 6) is -0.139. The van der Waals surface area contributed by atoms with E-state index in [1.807, 2.05) is 13.0 Å². The molecule has 0 N–H and O–H groups in total. The van der Waals surface area contributed by atoms with E-state index >= 15 is 0 Å². The number of hydrogen-bond donors (Lipinski definition) is 0. The van der Waals surface area contributed by atoms with Gasteiger partial charge in [0.1, 0.15) is 17.6 Å². The van der Waals surface area contributed by atoms with Crippen LogP contribution in [-0.2, 0) is 6.18 Å². The fourth-order valence-electron chi connectivity index (χ4n) is 1.53. The van der Waals surface area contributed by atoms with Crippen LogP contribution in [0.2, 0.25) is 0 Å². The molecule has 2 rings (SSSR count). The average molecular weight is 268 g/mol. The van der Waals surface area contributed by atoms with E-state index in [-0.39, 0.29) is 0 Å². The van der Waals surface area contributed by atoms with E-state index in [0.717, 1.165) is 17.5 Å². The standard InChI is InChI=1S/C13H11F3N2O/c1-8-4-3-5-11(9(8)2)19-12-10(13(14,15)16)6-17-7-18-12/h3-7H,1-2H3. The molecule has 0 fully saturated rings. The lowest BCUT2D eigenvalue weighted by Crippen LogP contribution is -2.09. The van der Waals surface area contributed by atoms with Crippen molar-refractivity contribution < 1.29 is 17.9 Å². The van der Waals surface area contributed by atoms with Crippen molar-refractivity contribution in [1.29, 1.82) is 0 Å². The van der Waals surface area contributed by atoms with Crippen LogP contribution < -0.4 is 4.74 Å². The van der Waals surface area contributed by atoms with Crippen LogP contribution in [0.25, 0.3) is 0 Å². The van der Waals surface area contributed by atoms with Crippen LogP contribution in [0.3, 0.4) is 0 Å². The minimum Gasteiger partial charge on any atom is -0.438 e. The van der Waals surface area contributed by atoms with Crippen LogP contribution in [0.5, 0.6) is 11.6 Å². The van der Waals surface area contributed by atoms with Gasteiger partial charge in [-0.25, -0.2) is 9.97 Å². The Hall–Kier alpha value is -2.11. The Kier molecular flexibility index (Phi) is 3.42. The second-order valence-corrected chi connectivity index (χ2v) is 4.04. The Balaban J connectivity index is 2.42. The van der Waals surface area contributed by atoms with Gasteiger partial charge in [-0.2, -0.15) is 13.2 Å². The van der Waals surface area contributed by atoms with Crippen molar-refractivity contribution in [1.82, 2.24) is 9.97 Å². The summed E-state index contributed by atoms with van der Waals surface area (Å²) in [4.78, 5) is 6.94. The molecule has 1 aromatic carbocycles. The molecule has 0 unspecified atom stereocenters. The zero-order valence-corrected chi connectivity index (χ0v) is 10.3. The van der Waals surface area contributed by atoms with Gasteiger partial charge in [-0.3, -0.25) is 0 Å². The first kappa shape index (κ1) is 13.3. The molecular formula is C13H11F3N2O. The number of benzene rings is 1. The second kappa shape index (κ2) is 4.87. The van der Waals surface area contributed by atoms with Crippen molar-refractivity contribution in [2.24, 2.45) is 0 Å². The first-order valence-corrected chi connectivity index (χ1v) is 5.51. The summed E-state index contributed by atoms with van der Waals surface area (Å²) in [6, 6.07) is 5.17. The van der Waals surface area contributed by atoms with Crippen LogP contribution in [0.1, 0.15) is 16.7 Å². The van der Waals surface area contributed by atoms with E-state index in [9.17, 15) is 13.2 Å². The Labute approximate surface area is 108 Å². The minimum atomic E-state index is -4.55. The second-order valence-electron chi connectivity index (χ2n) is 4.04. The first-order chi connectivity index (χ1) is 8.89. The third-order valence-electron chi connectivity index (χ3n) is 2.74. The first-order valence-electron chi connectivity index (χ1n) is 5.51. The molecule has 0 saturated heterocycles. The molecule has 0 amide bonds. The molecule has 19 heavy (non-hydrogen) atoms. The number of nitrogens with zero attached hydrogens (tertiary/aromatic N) is 2. The molecule has 0 bridgehead atoms. The van der Waals surface area contributed by atoms with Crippen molar-refractivity contribution in [3.05, 3.63) is 47.4 Å². The van der Waals surface area contributed by atoms with Crippen molar-refractivity contribution in [3.8, 4) is 11.6 Å². The van der Waals surface area contributed by atoms with Gasteiger partial charge in [-0.1, -0.05) is 12.1 Å². The van der Waals surface area contributed by atoms with Crippen LogP contribution in [0.15, 0.2) is 30.7 Å². The van der Waals surface area contributed by atoms with E-state index in [1.54, 1.807) is 19.1 Å². The van der Waals surface area contributed by atoms with Gasteiger partial charge in [-0.15, -0.1) is 0 Å². The molecule has 0 spiro atoms. The molecular weight excluding hydrogens is 257 g/mol. The highest BCUT2D eigenvalue weighted by atomic mass is 19.4. The quantitative estimate of drug-likeness (QED) is 0.828. The van der Waals surface area contributed by atoms with E-state index in [2.05, 4.69) is 9.97 Å². The van der Waals surface area contributed by atoms with Gasteiger partial charge in [0, 0.05) is 6.20 Å². The number of halogens is 3. The lowest BCUT2D eigenvalue weighted by Gasteiger charge is -2.13. The van der Waals surface area contributed by atoms with Gasteiger partial charge in [-0.05, 0) is 31.0 Å². The van der Waals surface area contributed by atoms with Crippen molar-refractivity contribution in [3.63, 3.8) is 0 Å². The van der Waals surface area contributed by atoms with Gasteiger partial charge in [0.15, 0.2) is 0 Å². The molecule has 3 nitrogen and oxygen atoms in total. The molecule has 0 aliphatic rings. The summed E-state index contributed by atoms with van der Waals surface area (Å²) in [5.41, 5.74) is 0.713. The predicted molar refractivity (Wildman–Crippen MR) is 63.0 cm³/mol. The number of ether oxygens (including phenoxy) is 1. The lowest BCUT2D eigenvalue weighted by atomic mass is 10.1. The van der Waals surface area contributed by atoms with Crippen LogP contribution in [0.4, 0.5) is 13.2 Å². The minimum absolute atomic E-state index is 0.351. The summed E-state index contributed by atoms with van der Waals surface area (Å²) < 4.78 is 43.6. The summed E-state index contributed by atoms with van der Waals surface area (Å²) in [7, 11) is 0. The third kappa shape index (κ3) is 2.83. The molecule has 1 aromatic heterocycles.